The van der Waals surface area contributed by atoms with Crippen LogP contribution >= 0.6 is 11.8 Å². The fraction of sp³-hybridized carbons (Fsp3) is 0.227. The van der Waals surface area contributed by atoms with Gasteiger partial charge in [0.25, 0.3) is 5.91 Å². The number of hydrogen-bond acceptors (Lipinski definition) is 5. The van der Waals surface area contributed by atoms with Gasteiger partial charge in [-0.15, -0.1) is 11.8 Å². The van der Waals surface area contributed by atoms with Crippen LogP contribution in [0.2, 0.25) is 0 Å². The Morgan fingerprint density at radius 2 is 1.89 bits per heavy atom. The Morgan fingerprint density at radius 3 is 2.50 bits per heavy atom. The molecule has 0 bridgehead atoms. The first-order valence-electron chi connectivity index (χ1n) is 9.02. The molecule has 0 saturated heterocycles. The van der Waals surface area contributed by atoms with Gasteiger partial charge in [0.2, 0.25) is 0 Å². The van der Waals surface area contributed by atoms with Gasteiger partial charge < -0.3 is 10.4 Å². The number of thioether (sulfide) groups is 1. The molecule has 0 radical (unpaired) electrons. The van der Waals surface area contributed by atoms with Crippen molar-refractivity contribution in [3.8, 4) is 11.8 Å². The highest BCUT2D eigenvalue weighted by Gasteiger charge is 2.38. The molecule has 2 N–H and O–H groups in total. The number of phenolic OH excluding ortho intramolecular Hbond substituents is 1. The minimum atomic E-state index is -0.560. The highest BCUT2D eigenvalue weighted by molar-refractivity contribution is 8.14. The van der Waals surface area contributed by atoms with Gasteiger partial charge in [-0.2, -0.15) is 5.26 Å². The van der Waals surface area contributed by atoms with Crippen LogP contribution in [0, 0.1) is 17.2 Å². The van der Waals surface area contributed by atoms with E-state index in [0.717, 1.165) is 16.4 Å². The van der Waals surface area contributed by atoms with Crippen molar-refractivity contribution in [2.24, 2.45) is 10.9 Å². The average molecular weight is 391 g/mol. The lowest BCUT2D eigenvalue weighted by Gasteiger charge is -2.30. The lowest BCUT2D eigenvalue weighted by molar-refractivity contribution is -0.113. The number of carbonyl (C=O) groups is 1. The molecule has 1 amide bonds. The molecule has 0 aliphatic carbocycles. The molecule has 1 heterocycles. The number of para-hydroxylation sites is 1. The van der Waals surface area contributed by atoms with Gasteiger partial charge in [-0.25, -0.2) is 4.99 Å². The minimum Gasteiger partial charge on any atom is -0.508 e. The summed E-state index contributed by atoms with van der Waals surface area (Å²) in [5.41, 5.74) is 2.56. The van der Waals surface area contributed by atoms with Crippen LogP contribution in [0.4, 0.5) is 5.69 Å². The first kappa shape index (κ1) is 19.7. The molecule has 2 atom stereocenters. The zero-order valence-electron chi connectivity index (χ0n) is 15.7. The molecule has 1 aliphatic heterocycles. The summed E-state index contributed by atoms with van der Waals surface area (Å²) in [7, 11) is 0. The van der Waals surface area contributed by atoms with E-state index in [1.165, 1.54) is 11.8 Å². The fourth-order valence-electron chi connectivity index (χ4n) is 3.30. The van der Waals surface area contributed by atoms with Crippen LogP contribution in [-0.2, 0) is 4.79 Å². The van der Waals surface area contributed by atoms with E-state index in [2.05, 4.69) is 16.4 Å². The predicted octanol–water partition coefficient (Wildman–Crippen LogP) is 4.69. The standard InChI is InChI=1S/C22H21N3O2S/c1-3-28-22-18(13-23)20(15-9-11-17(26)12-10-15)19(14(2)24-22)21(27)25-16-7-5-4-6-8-16/h4-12,18,20,26H,3H2,1-2H3,(H,25,27)/t18?,20-/m1/s1. The topological polar surface area (TPSA) is 85.5 Å². The largest absolute Gasteiger partial charge is 0.508 e. The normalized spacial score (nSPS) is 19.0. The number of benzene rings is 2. The van der Waals surface area contributed by atoms with E-state index in [0.29, 0.717) is 17.0 Å². The summed E-state index contributed by atoms with van der Waals surface area (Å²) >= 11 is 1.52. The highest BCUT2D eigenvalue weighted by Crippen LogP contribution is 2.41. The molecule has 0 aromatic heterocycles. The molecule has 1 aliphatic rings. The lowest BCUT2D eigenvalue weighted by Crippen LogP contribution is -2.31. The van der Waals surface area contributed by atoms with Gasteiger partial charge in [-0.05, 0) is 42.5 Å². The second kappa shape index (κ2) is 8.77. The molecular formula is C22H21N3O2S. The SMILES string of the molecule is CCSC1=NC(C)=C(C(=O)Nc2ccccc2)[C@H](c2ccc(O)cc2)C1C#N. The van der Waals surface area contributed by atoms with Gasteiger partial charge in [0.1, 0.15) is 11.7 Å². The molecule has 3 rings (SSSR count). The molecule has 0 fully saturated rings. The molecule has 0 spiro atoms. The van der Waals surface area contributed by atoms with Crippen molar-refractivity contribution >= 4 is 28.4 Å². The summed E-state index contributed by atoms with van der Waals surface area (Å²) in [6.45, 7) is 3.81. The number of carbonyl (C=O) groups excluding carboxylic acids is 1. The maximum Gasteiger partial charge on any atom is 0.254 e. The van der Waals surface area contributed by atoms with E-state index in [4.69, 9.17) is 0 Å². The number of nitrogens with zero attached hydrogens (tertiary/aromatic N) is 2. The fourth-order valence-corrected chi connectivity index (χ4v) is 4.16. The number of anilines is 1. The minimum absolute atomic E-state index is 0.140. The van der Waals surface area contributed by atoms with Crippen LogP contribution in [0.25, 0.3) is 0 Å². The van der Waals surface area contributed by atoms with E-state index >= 15 is 0 Å². The third-order valence-electron chi connectivity index (χ3n) is 4.54. The second-order valence-electron chi connectivity index (χ2n) is 6.38. The first-order chi connectivity index (χ1) is 13.5. The molecule has 1 unspecified atom stereocenters. The Labute approximate surface area is 168 Å². The number of aliphatic imine (C=N–C) groups is 1. The summed E-state index contributed by atoms with van der Waals surface area (Å²) in [5, 5.41) is 23.2. The summed E-state index contributed by atoms with van der Waals surface area (Å²) < 4.78 is 0. The Morgan fingerprint density at radius 1 is 1.21 bits per heavy atom. The van der Waals surface area contributed by atoms with Crippen LogP contribution in [0.3, 0.4) is 0 Å². The van der Waals surface area contributed by atoms with E-state index < -0.39 is 11.8 Å². The number of rotatable bonds is 4. The Kier molecular flexibility index (Phi) is 6.17. The van der Waals surface area contributed by atoms with Gasteiger partial charge in [0.15, 0.2) is 0 Å². The van der Waals surface area contributed by atoms with Gasteiger partial charge in [-0.3, -0.25) is 4.79 Å². The molecule has 6 heteroatoms. The van der Waals surface area contributed by atoms with Crippen LogP contribution in [0.1, 0.15) is 25.3 Å². The average Bonchev–Trinajstić information content (AvgIpc) is 2.69. The number of nitrogens with one attached hydrogen (secondary N) is 1. The van der Waals surface area contributed by atoms with E-state index in [9.17, 15) is 15.2 Å². The van der Waals surface area contributed by atoms with Gasteiger partial charge >= 0.3 is 0 Å². The molecule has 142 valence electrons. The Bertz CT molecular complexity index is 960. The summed E-state index contributed by atoms with van der Waals surface area (Å²) in [5.74, 6) is -0.360. The zero-order chi connectivity index (χ0) is 20.1. The predicted molar refractivity (Wildman–Crippen MR) is 113 cm³/mol. The molecular weight excluding hydrogens is 370 g/mol. The molecule has 0 saturated carbocycles. The van der Waals surface area contributed by atoms with Crippen LogP contribution in [0.15, 0.2) is 70.9 Å². The summed E-state index contributed by atoms with van der Waals surface area (Å²) in [6.07, 6.45) is 0. The third-order valence-corrected chi connectivity index (χ3v) is 5.47. The van der Waals surface area contributed by atoms with Crippen molar-refractivity contribution in [3.63, 3.8) is 0 Å². The van der Waals surface area contributed by atoms with E-state index in [1.807, 2.05) is 37.3 Å². The zero-order valence-corrected chi connectivity index (χ0v) is 16.5. The number of hydrogen-bond donors (Lipinski definition) is 2. The van der Waals surface area contributed by atoms with Gasteiger partial charge in [0, 0.05) is 22.9 Å². The van der Waals surface area contributed by atoms with Crippen molar-refractivity contribution in [1.82, 2.24) is 0 Å². The van der Waals surface area contributed by atoms with Crippen molar-refractivity contribution < 1.29 is 9.90 Å². The van der Waals surface area contributed by atoms with Crippen molar-refractivity contribution in [2.45, 2.75) is 19.8 Å². The highest BCUT2D eigenvalue weighted by atomic mass is 32.2. The molecule has 5 nitrogen and oxygen atoms in total. The number of amides is 1. The van der Waals surface area contributed by atoms with Gasteiger partial charge in [-0.1, -0.05) is 37.3 Å². The number of nitriles is 1. The van der Waals surface area contributed by atoms with Crippen molar-refractivity contribution in [2.75, 3.05) is 11.1 Å². The number of aromatic hydroxyl groups is 1. The number of phenols is 1. The Hall–Kier alpha value is -3.04. The van der Waals surface area contributed by atoms with E-state index in [1.54, 1.807) is 31.2 Å². The second-order valence-corrected chi connectivity index (χ2v) is 7.66. The monoisotopic (exact) mass is 391 g/mol. The lowest BCUT2D eigenvalue weighted by atomic mass is 9.78. The molecule has 28 heavy (non-hydrogen) atoms. The summed E-state index contributed by atoms with van der Waals surface area (Å²) in [6, 6.07) is 18.2. The van der Waals surface area contributed by atoms with Crippen LogP contribution in [0.5, 0.6) is 5.75 Å². The van der Waals surface area contributed by atoms with Crippen LogP contribution in [-0.4, -0.2) is 21.8 Å². The van der Waals surface area contributed by atoms with Crippen molar-refractivity contribution in [3.05, 3.63) is 71.4 Å². The van der Waals surface area contributed by atoms with Gasteiger partial charge in [0.05, 0.1) is 11.1 Å². The van der Waals surface area contributed by atoms with E-state index in [-0.39, 0.29) is 11.7 Å². The Balaban J connectivity index is 2.08. The first-order valence-corrected chi connectivity index (χ1v) is 10.0. The third kappa shape index (κ3) is 4.10. The maximum absolute atomic E-state index is 13.2. The quantitative estimate of drug-likeness (QED) is 0.791. The van der Waals surface area contributed by atoms with Crippen LogP contribution < -0.4 is 5.32 Å². The molecule has 2 aromatic rings. The maximum atomic E-state index is 13.2. The smallest absolute Gasteiger partial charge is 0.254 e. The van der Waals surface area contributed by atoms with Crippen molar-refractivity contribution in [1.29, 1.82) is 5.26 Å². The summed E-state index contributed by atoms with van der Waals surface area (Å²) in [4.78, 5) is 17.7. The number of allylic oxidation sites excluding steroid dienone is 1. The molecule has 2 aromatic carbocycles.